The van der Waals surface area contributed by atoms with Gasteiger partial charge in [0.15, 0.2) is 0 Å². The second kappa shape index (κ2) is 7.65. The third kappa shape index (κ3) is 4.63. The van der Waals surface area contributed by atoms with Crippen LogP contribution in [0.1, 0.15) is 32.8 Å². The van der Waals surface area contributed by atoms with Gasteiger partial charge in [-0.1, -0.05) is 36.2 Å². The van der Waals surface area contributed by atoms with Gasteiger partial charge in [0.05, 0.1) is 0 Å². The summed E-state index contributed by atoms with van der Waals surface area (Å²) in [7, 11) is 4.23. The van der Waals surface area contributed by atoms with E-state index in [0.29, 0.717) is 11.1 Å². The molecule has 1 aromatic carbocycles. The number of nitrogens with one attached hydrogen (secondary N) is 1. The van der Waals surface area contributed by atoms with Crippen molar-refractivity contribution in [3.63, 3.8) is 0 Å². The van der Waals surface area contributed by atoms with E-state index >= 15 is 0 Å². The Bertz CT molecular complexity index is 430. The molecule has 1 rings (SSSR count). The highest BCUT2D eigenvalue weighted by Gasteiger charge is 2.31. The van der Waals surface area contributed by atoms with Gasteiger partial charge in [-0.2, -0.15) is 0 Å². The summed E-state index contributed by atoms with van der Waals surface area (Å²) in [5, 5.41) is 5.08. The minimum absolute atomic E-state index is 0.0398. The van der Waals surface area contributed by atoms with Gasteiger partial charge in [0.1, 0.15) is 0 Å². The Morgan fingerprint density at radius 1 is 1.25 bits per heavy atom. The number of hydrogen-bond acceptors (Lipinski definition) is 2. The van der Waals surface area contributed by atoms with Crippen LogP contribution in [0.15, 0.2) is 18.2 Å². The predicted octanol–water partition coefficient (Wildman–Crippen LogP) is 4.24. The van der Waals surface area contributed by atoms with Crippen molar-refractivity contribution in [2.45, 2.75) is 45.2 Å². The topological polar surface area (TPSA) is 15.3 Å². The summed E-state index contributed by atoms with van der Waals surface area (Å²) in [6.45, 7) is 7.70. The van der Waals surface area contributed by atoms with Gasteiger partial charge in [-0.15, -0.1) is 0 Å². The monoisotopic (exact) mass is 316 g/mol. The molecule has 0 radical (unpaired) electrons. The zero-order chi connectivity index (χ0) is 15.3. The lowest BCUT2D eigenvalue weighted by Gasteiger charge is -2.41. The van der Waals surface area contributed by atoms with Crippen molar-refractivity contribution < 1.29 is 0 Å². The van der Waals surface area contributed by atoms with E-state index in [9.17, 15) is 0 Å². The molecule has 1 N–H and O–H groups in total. The maximum Gasteiger partial charge on any atom is 0.0453 e. The molecule has 4 heteroatoms. The van der Waals surface area contributed by atoms with E-state index in [1.54, 1.807) is 0 Å². The number of benzene rings is 1. The van der Waals surface area contributed by atoms with E-state index in [1.807, 2.05) is 18.2 Å². The van der Waals surface area contributed by atoms with Crippen molar-refractivity contribution in [2.75, 3.05) is 20.6 Å². The normalized spacial score (nSPS) is 13.8. The minimum atomic E-state index is 0.0398. The number of halogens is 2. The zero-order valence-corrected chi connectivity index (χ0v) is 14.6. The Balaban J connectivity index is 2.94. The van der Waals surface area contributed by atoms with Crippen LogP contribution in [0.2, 0.25) is 10.0 Å². The van der Waals surface area contributed by atoms with Gasteiger partial charge in [0, 0.05) is 21.6 Å². The summed E-state index contributed by atoms with van der Waals surface area (Å²) in [4.78, 5) is 2.25. The van der Waals surface area contributed by atoms with E-state index in [-0.39, 0.29) is 5.54 Å². The maximum atomic E-state index is 6.31. The van der Waals surface area contributed by atoms with Gasteiger partial charge in [0.25, 0.3) is 0 Å². The molecule has 0 aliphatic carbocycles. The smallest absolute Gasteiger partial charge is 0.0453 e. The van der Waals surface area contributed by atoms with Crippen LogP contribution in [0.5, 0.6) is 0 Å². The van der Waals surface area contributed by atoms with Crippen molar-refractivity contribution in [2.24, 2.45) is 0 Å². The SMILES string of the molecule is CCCNC(Cc1ccc(Cl)cc1Cl)C(C)(C)N(C)C. The largest absolute Gasteiger partial charge is 0.312 e. The number of rotatable bonds is 7. The van der Waals surface area contributed by atoms with E-state index in [4.69, 9.17) is 23.2 Å². The van der Waals surface area contributed by atoms with Crippen LogP contribution >= 0.6 is 23.2 Å². The fraction of sp³-hybridized carbons (Fsp3) is 0.625. The standard InChI is InChI=1S/C16H26Cl2N2/c1-6-9-19-15(16(2,3)20(4)5)10-12-7-8-13(17)11-14(12)18/h7-8,11,15,19H,6,9-10H2,1-5H3. The lowest BCUT2D eigenvalue weighted by Crippen LogP contribution is -2.56. The lowest BCUT2D eigenvalue weighted by molar-refractivity contribution is 0.137. The molecule has 20 heavy (non-hydrogen) atoms. The average Bonchev–Trinajstić information content (AvgIpc) is 2.36. The van der Waals surface area contributed by atoms with Crippen molar-refractivity contribution in [3.8, 4) is 0 Å². The molecule has 0 amide bonds. The Morgan fingerprint density at radius 2 is 1.90 bits per heavy atom. The van der Waals surface area contributed by atoms with Crippen LogP contribution in [-0.4, -0.2) is 37.1 Å². The molecular weight excluding hydrogens is 291 g/mol. The third-order valence-electron chi connectivity index (χ3n) is 4.09. The zero-order valence-electron chi connectivity index (χ0n) is 13.1. The fourth-order valence-electron chi connectivity index (χ4n) is 2.11. The molecule has 1 atom stereocenters. The molecule has 0 aromatic heterocycles. The van der Waals surface area contributed by atoms with Crippen molar-refractivity contribution >= 4 is 23.2 Å². The molecule has 1 aromatic rings. The summed E-state index contributed by atoms with van der Waals surface area (Å²) >= 11 is 12.3. The third-order valence-corrected chi connectivity index (χ3v) is 4.67. The highest BCUT2D eigenvalue weighted by atomic mass is 35.5. The second-order valence-electron chi connectivity index (χ2n) is 5.99. The molecular formula is C16H26Cl2N2. The van der Waals surface area contributed by atoms with Crippen LogP contribution < -0.4 is 5.32 Å². The molecule has 1 unspecified atom stereocenters. The highest BCUT2D eigenvalue weighted by molar-refractivity contribution is 6.35. The predicted molar refractivity (Wildman–Crippen MR) is 90.0 cm³/mol. The summed E-state index contributed by atoms with van der Waals surface area (Å²) in [5.74, 6) is 0. The van der Waals surface area contributed by atoms with Crippen LogP contribution in [-0.2, 0) is 6.42 Å². The van der Waals surface area contributed by atoms with E-state index in [1.165, 1.54) is 0 Å². The first kappa shape index (κ1) is 17.8. The molecule has 114 valence electrons. The lowest BCUT2D eigenvalue weighted by atomic mass is 9.88. The van der Waals surface area contributed by atoms with Gasteiger partial charge >= 0.3 is 0 Å². The minimum Gasteiger partial charge on any atom is -0.312 e. The molecule has 0 aliphatic heterocycles. The van der Waals surface area contributed by atoms with Crippen LogP contribution in [0, 0.1) is 0 Å². The number of hydrogen-bond donors (Lipinski definition) is 1. The highest BCUT2D eigenvalue weighted by Crippen LogP contribution is 2.26. The average molecular weight is 317 g/mol. The molecule has 0 spiro atoms. The van der Waals surface area contributed by atoms with Crippen LogP contribution in [0.4, 0.5) is 0 Å². The Labute approximate surface area is 133 Å². The first-order valence-electron chi connectivity index (χ1n) is 7.13. The quantitative estimate of drug-likeness (QED) is 0.809. The van der Waals surface area contributed by atoms with E-state index < -0.39 is 0 Å². The van der Waals surface area contributed by atoms with E-state index in [0.717, 1.165) is 30.0 Å². The molecule has 0 bridgehead atoms. The molecule has 0 aliphatic rings. The van der Waals surface area contributed by atoms with Gasteiger partial charge < -0.3 is 10.2 Å². The van der Waals surface area contributed by atoms with Gasteiger partial charge in [-0.25, -0.2) is 0 Å². The first-order chi connectivity index (χ1) is 9.28. The first-order valence-corrected chi connectivity index (χ1v) is 7.89. The Hall–Kier alpha value is -0.280. The van der Waals surface area contributed by atoms with Crippen LogP contribution in [0.3, 0.4) is 0 Å². The molecule has 0 saturated heterocycles. The molecule has 0 saturated carbocycles. The Kier molecular flexibility index (Phi) is 6.80. The molecule has 0 fully saturated rings. The van der Waals surface area contributed by atoms with Crippen LogP contribution in [0.25, 0.3) is 0 Å². The molecule has 2 nitrogen and oxygen atoms in total. The van der Waals surface area contributed by atoms with Crippen molar-refractivity contribution in [3.05, 3.63) is 33.8 Å². The summed E-state index contributed by atoms with van der Waals surface area (Å²) in [5.41, 5.74) is 1.18. The molecule has 0 heterocycles. The van der Waals surface area contributed by atoms with Gasteiger partial charge in [-0.05, 0) is 65.0 Å². The Morgan fingerprint density at radius 3 is 2.40 bits per heavy atom. The van der Waals surface area contributed by atoms with Gasteiger partial charge in [0.2, 0.25) is 0 Å². The summed E-state index contributed by atoms with van der Waals surface area (Å²) < 4.78 is 0. The van der Waals surface area contributed by atoms with Crippen molar-refractivity contribution in [1.82, 2.24) is 10.2 Å². The number of likely N-dealkylation sites (N-methyl/N-ethyl adjacent to an activating group) is 1. The number of nitrogens with zero attached hydrogens (tertiary/aromatic N) is 1. The van der Waals surface area contributed by atoms with E-state index in [2.05, 4.69) is 45.1 Å². The summed E-state index contributed by atoms with van der Waals surface area (Å²) in [6, 6.07) is 6.08. The fourth-order valence-corrected chi connectivity index (χ4v) is 2.59. The van der Waals surface area contributed by atoms with Crippen molar-refractivity contribution in [1.29, 1.82) is 0 Å². The maximum absolute atomic E-state index is 6.31. The van der Waals surface area contributed by atoms with Gasteiger partial charge in [-0.3, -0.25) is 0 Å². The summed E-state index contributed by atoms with van der Waals surface area (Å²) in [6.07, 6.45) is 2.01. The second-order valence-corrected chi connectivity index (χ2v) is 6.84.